The van der Waals surface area contributed by atoms with Gasteiger partial charge in [0.2, 0.25) is 5.91 Å². The van der Waals surface area contributed by atoms with Crippen molar-refractivity contribution in [2.75, 3.05) is 13.1 Å². The first-order chi connectivity index (χ1) is 9.00. The van der Waals surface area contributed by atoms with Crippen molar-refractivity contribution in [3.05, 3.63) is 0 Å². The molecule has 4 N–H and O–H groups in total. The van der Waals surface area contributed by atoms with Crippen LogP contribution >= 0.6 is 0 Å². The van der Waals surface area contributed by atoms with Crippen molar-refractivity contribution in [1.29, 1.82) is 0 Å². The monoisotopic (exact) mass is 271 g/mol. The molecule has 19 heavy (non-hydrogen) atoms. The molecule has 0 unspecified atom stereocenters. The average Bonchev–Trinajstić information content (AvgIpc) is 2.62. The molecular formula is C12H21N3O4. The number of carboxylic acid groups (broad SMARTS) is 1. The Morgan fingerprint density at radius 2 is 1.74 bits per heavy atom. The molecule has 1 fully saturated rings. The second-order valence-electron chi connectivity index (χ2n) is 4.75. The van der Waals surface area contributed by atoms with Crippen LogP contribution in [-0.2, 0) is 9.59 Å². The number of carbonyl (C=O) groups is 3. The van der Waals surface area contributed by atoms with E-state index in [1.807, 2.05) is 0 Å². The number of primary amides is 1. The third kappa shape index (κ3) is 5.58. The van der Waals surface area contributed by atoms with Crippen LogP contribution in [0.1, 0.15) is 38.5 Å². The van der Waals surface area contributed by atoms with Crippen molar-refractivity contribution >= 4 is 17.9 Å². The van der Waals surface area contributed by atoms with Crippen LogP contribution in [0.4, 0.5) is 4.79 Å². The van der Waals surface area contributed by atoms with E-state index in [0.717, 1.165) is 25.7 Å². The largest absolute Gasteiger partial charge is 0.480 e. The smallest absolute Gasteiger partial charge is 0.326 e. The van der Waals surface area contributed by atoms with Crippen LogP contribution in [0.25, 0.3) is 0 Å². The summed E-state index contributed by atoms with van der Waals surface area (Å²) in [4.78, 5) is 35.3. The fraction of sp³-hybridized carbons (Fsp3) is 0.750. The zero-order valence-corrected chi connectivity index (χ0v) is 10.9. The number of nitrogens with two attached hydrogens (primary N) is 1. The second kappa shape index (κ2) is 7.60. The number of likely N-dealkylation sites (tertiary alicyclic amines) is 1. The second-order valence-corrected chi connectivity index (χ2v) is 4.75. The molecule has 7 nitrogen and oxygen atoms in total. The SMILES string of the molecule is NC(=O)CC[C@H](NC(=O)N1CCCCCC1)C(=O)O. The summed E-state index contributed by atoms with van der Waals surface area (Å²) in [6, 6.07) is -1.44. The molecule has 1 aliphatic rings. The highest BCUT2D eigenvalue weighted by Gasteiger charge is 2.23. The normalized spacial score (nSPS) is 17.4. The minimum atomic E-state index is -1.15. The Morgan fingerprint density at radius 1 is 1.16 bits per heavy atom. The Hall–Kier alpha value is -1.79. The fourth-order valence-corrected chi connectivity index (χ4v) is 2.06. The molecule has 1 saturated heterocycles. The molecule has 0 aromatic rings. The van der Waals surface area contributed by atoms with Gasteiger partial charge < -0.3 is 21.1 Å². The first kappa shape index (κ1) is 15.3. The molecule has 0 spiro atoms. The van der Waals surface area contributed by atoms with Gasteiger partial charge in [0.1, 0.15) is 6.04 Å². The van der Waals surface area contributed by atoms with Crippen LogP contribution in [0.3, 0.4) is 0 Å². The minimum Gasteiger partial charge on any atom is -0.480 e. The summed E-state index contributed by atoms with van der Waals surface area (Å²) < 4.78 is 0. The highest BCUT2D eigenvalue weighted by Crippen LogP contribution is 2.10. The van der Waals surface area contributed by atoms with Crippen LogP contribution in [0.15, 0.2) is 0 Å². The number of carboxylic acids is 1. The number of amides is 3. The van der Waals surface area contributed by atoms with Gasteiger partial charge in [-0.25, -0.2) is 9.59 Å². The summed E-state index contributed by atoms with van der Waals surface area (Å²) in [6.07, 6.45) is 4.02. The highest BCUT2D eigenvalue weighted by atomic mass is 16.4. The topological polar surface area (TPSA) is 113 Å². The Labute approximate surface area is 112 Å². The molecule has 7 heteroatoms. The average molecular weight is 271 g/mol. The van der Waals surface area contributed by atoms with Gasteiger partial charge in [-0.1, -0.05) is 12.8 Å². The molecular weight excluding hydrogens is 250 g/mol. The van der Waals surface area contributed by atoms with E-state index in [-0.39, 0.29) is 18.9 Å². The van der Waals surface area contributed by atoms with E-state index >= 15 is 0 Å². The van der Waals surface area contributed by atoms with Crippen LogP contribution in [0.2, 0.25) is 0 Å². The molecule has 0 saturated carbocycles. The molecule has 0 aromatic heterocycles. The van der Waals surface area contributed by atoms with Gasteiger partial charge in [0, 0.05) is 19.5 Å². The van der Waals surface area contributed by atoms with Gasteiger partial charge in [-0.15, -0.1) is 0 Å². The van der Waals surface area contributed by atoms with E-state index in [1.54, 1.807) is 4.90 Å². The third-order valence-electron chi connectivity index (χ3n) is 3.17. The van der Waals surface area contributed by atoms with Gasteiger partial charge in [-0.3, -0.25) is 4.79 Å². The summed E-state index contributed by atoms with van der Waals surface area (Å²) in [5, 5.41) is 11.5. The summed E-state index contributed by atoms with van der Waals surface area (Å²) in [5.74, 6) is -1.72. The number of rotatable bonds is 5. The van der Waals surface area contributed by atoms with E-state index < -0.39 is 17.9 Å². The van der Waals surface area contributed by atoms with E-state index in [9.17, 15) is 14.4 Å². The lowest BCUT2D eigenvalue weighted by Gasteiger charge is -2.23. The van der Waals surface area contributed by atoms with Gasteiger partial charge >= 0.3 is 12.0 Å². The fourth-order valence-electron chi connectivity index (χ4n) is 2.06. The molecule has 1 heterocycles. The number of carbonyl (C=O) groups excluding carboxylic acids is 2. The summed E-state index contributed by atoms with van der Waals surface area (Å²) in [5.41, 5.74) is 4.98. The van der Waals surface area contributed by atoms with Gasteiger partial charge in [-0.05, 0) is 19.3 Å². The van der Waals surface area contributed by atoms with Crippen molar-refractivity contribution in [3.8, 4) is 0 Å². The van der Waals surface area contributed by atoms with Crippen LogP contribution < -0.4 is 11.1 Å². The first-order valence-corrected chi connectivity index (χ1v) is 6.57. The lowest BCUT2D eigenvalue weighted by Crippen LogP contribution is -2.48. The van der Waals surface area contributed by atoms with Gasteiger partial charge in [-0.2, -0.15) is 0 Å². The maximum atomic E-state index is 11.9. The zero-order valence-electron chi connectivity index (χ0n) is 10.9. The number of nitrogens with zero attached hydrogens (tertiary/aromatic N) is 1. The lowest BCUT2D eigenvalue weighted by atomic mass is 10.1. The summed E-state index contributed by atoms with van der Waals surface area (Å²) >= 11 is 0. The van der Waals surface area contributed by atoms with Crippen LogP contribution in [-0.4, -0.2) is 47.0 Å². The Bertz CT molecular complexity index is 338. The van der Waals surface area contributed by atoms with Gasteiger partial charge in [0.25, 0.3) is 0 Å². The predicted molar refractivity (Wildman–Crippen MR) is 68.4 cm³/mol. The lowest BCUT2D eigenvalue weighted by molar-refractivity contribution is -0.139. The number of hydrogen-bond acceptors (Lipinski definition) is 3. The zero-order chi connectivity index (χ0) is 14.3. The Morgan fingerprint density at radius 3 is 2.21 bits per heavy atom. The number of urea groups is 1. The third-order valence-corrected chi connectivity index (χ3v) is 3.17. The molecule has 0 aliphatic carbocycles. The molecule has 0 bridgehead atoms. The van der Waals surface area contributed by atoms with Crippen molar-refractivity contribution < 1.29 is 19.5 Å². The maximum Gasteiger partial charge on any atom is 0.326 e. The Kier molecular flexibility index (Phi) is 6.11. The van der Waals surface area contributed by atoms with E-state index in [4.69, 9.17) is 10.8 Å². The number of nitrogens with one attached hydrogen (secondary N) is 1. The van der Waals surface area contributed by atoms with Crippen LogP contribution in [0, 0.1) is 0 Å². The van der Waals surface area contributed by atoms with Gasteiger partial charge in [0.05, 0.1) is 0 Å². The van der Waals surface area contributed by atoms with Crippen molar-refractivity contribution in [2.24, 2.45) is 5.73 Å². The van der Waals surface area contributed by atoms with Crippen molar-refractivity contribution in [2.45, 2.75) is 44.6 Å². The molecule has 0 radical (unpaired) electrons. The molecule has 3 amide bonds. The Balaban J connectivity index is 2.49. The number of aliphatic carboxylic acids is 1. The minimum absolute atomic E-state index is 0.0181. The molecule has 108 valence electrons. The van der Waals surface area contributed by atoms with Crippen LogP contribution in [0.5, 0.6) is 0 Å². The molecule has 0 aromatic carbocycles. The summed E-state index contributed by atoms with van der Waals surface area (Å²) in [7, 11) is 0. The van der Waals surface area contributed by atoms with Crippen molar-refractivity contribution in [1.82, 2.24) is 10.2 Å². The molecule has 1 rings (SSSR count). The van der Waals surface area contributed by atoms with E-state index in [2.05, 4.69) is 5.32 Å². The standard InChI is InChI=1S/C12H21N3O4/c13-10(16)6-5-9(11(17)18)14-12(19)15-7-3-1-2-4-8-15/h9H,1-8H2,(H2,13,16)(H,14,19)(H,17,18)/t9-/m0/s1. The van der Waals surface area contributed by atoms with E-state index in [0.29, 0.717) is 13.1 Å². The highest BCUT2D eigenvalue weighted by molar-refractivity contribution is 5.83. The summed E-state index contributed by atoms with van der Waals surface area (Å²) in [6.45, 7) is 1.29. The van der Waals surface area contributed by atoms with E-state index in [1.165, 1.54) is 0 Å². The quantitative estimate of drug-likeness (QED) is 0.667. The first-order valence-electron chi connectivity index (χ1n) is 6.57. The predicted octanol–water partition coefficient (Wildman–Crippen LogP) is 0.291. The molecule has 1 aliphatic heterocycles. The van der Waals surface area contributed by atoms with Crippen molar-refractivity contribution in [3.63, 3.8) is 0 Å². The maximum absolute atomic E-state index is 11.9. The number of hydrogen-bond donors (Lipinski definition) is 3. The molecule has 1 atom stereocenters. The van der Waals surface area contributed by atoms with Gasteiger partial charge in [0.15, 0.2) is 0 Å².